The summed E-state index contributed by atoms with van der Waals surface area (Å²) in [5.74, 6) is 2.19. The highest BCUT2D eigenvalue weighted by Crippen LogP contribution is 2.47. The molecular formula is C21H21F3N2O4. The predicted molar refractivity (Wildman–Crippen MR) is 101 cm³/mol. The SMILES string of the molecule is C[C@@H]1C[C@H]1c1ccc(CN(C(=O)Cc2ccc(C(F)(F)F)cc2[N+](=O)[O-])C2CC2)o1. The molecule has 4 rings (SSSR count). The van der Waals surface area contributed by atoms with E-state index in [4.69, 9.17) is 4.42 Å². The minimum atomic E-state index is -4.69. The van der Waals surface area contributed by atoms with Gasteiger partial charge in [-0.15, -0.1) is 0 Å². The summed E-state index contributed by atoms with van der Waals surface area (Å²) in [5.41, 5.74) is -1.84. The van der Waals surface area contributed by atoms with Crippen molar-refractivity contribution in [1.29, 1.82) is 0 Å². The van der Waals surface area contributed by atoms with Gasteiger partial charge in [-0.2, -0.15) is 13.2 Å². The second-order valence-electron chi connectivity index (χ2n) is 8.15. The van der Waals surface area contributed by atoms with Crippen molar-refractivity contribution in [2.75, 3.05) is 0 Å². The van der Waals surface area contributed by atoms with E-state index < -0.39 is 22.4 Å². The van der Waals surface area contributed by atoms with Gasteiger partial charge in [0.15, 0.2) is 0 Å². The number of hydrogen-bond acceptors (Lipinski definition) is 4. The lowest BCUT2D eigenvalue weighted by molar-refractivity contribution is -0.385. The molecule has 6 nitrogen and oxygen atoms in total. The Morgan fingerprint density at radius 2 is 1.97 bits per heavy atom. The zero-order valence-electron chi connectivity index (χ0n) is 16.3. The molecule has 1 heterocycles. The number of alkyl halides is 3. The topological polar surface area (TPSA) is 76.6 Å². The lowest BCUT2D eigenvalue weighted by atomic mass is 10.0. The van der Waals surface area contributed by atoms with E-state index in [0.717, 1.165) is 37.2 Å². The van der Waals surface area contributed by atoms with Crippen LogP contribution in [0, 0.1) is 16.0 Å². The highest BCUT2D eigenvalue weighted by molar-refractivity contribution is 5.80. The fraction of sp³-hybridized carbons (Fsp3) is 0.476. The van der Waals surface area contributed by atoms with Gasteiger partial charge < -0.3 is 9.32 Å². The molecule has 9 heteroatoms. The molecule has 2 saturated carbocycles. The number of furan rings is 1. The summed E-state index contributed by atoms with van der Waals surface area (Å²) in [6.07, 6.45) is -2.29. The number of carbonyl (C=O) groups excluding carboxylic acids is 1. The fourth-order valence-corrected chi connectivity index (χ4v) is 3.70. The Bertz CT molecular complexity index is 981. The van der Waals surface area contributed by atoms with Gasteiger partial charge in [-0.3, -0.25) is 14.9 Å². The molecule has 0 saturated heterocycles. The van der Waals surface area contributed by atoms with E-state index >= 15 is 0 Å². The Kier molecular flexibility index (Phi) is 5.07. The van der Waals surface area contributed by atoms with E-state index in [-0.39, 0.29) is 30.5 Å². The summed E-state index contributed by atoms with van der Waals surface area (Å²) in [6, 6.07) is 6.05. The maximum atomic E-state index is 12.9. The van der Waals surface area contributed by atoms with E-state index in [9.17, 15) is 28.1 Å². The van der Waals surface area contributed by atoms with Crippen LogP contribution < -0.4 is 0 Å². The molecule has 0 spiro atoms. The predicted octanol–water partition coefficient (Wildman–Crippen LogP) is 5.06. The quantitative estimate of drug-likeness (QED) is 0.461. The Balaban J connectivity index is 1.51. The van der Waals surface area contributed by atoms with E-state index in [0.29, 0.717) is 23.7 Å². The van der Waals surface area contributed by atoms with Gasteiger partial charge in [-0.05, 0) is 43.4 Å². The average Bonchev–Trinajstić information content (AvgIpc) is 3.59. The number of benzene rings is 1. The summed E-state index contributed by atoms with van der Waals surface area (Å²) in [5, 5.41) is 11.3. The molecule has 2 atom stereocenters. The minimum absolute atomic E-state index is 0.0272. The molecule has 0 N–H and O–H groups in total. The van der Waals surface area contributed by atoms with Crippen molar-refractivity contribution >= 4 is 11.6 Å². The number of nitro groups is 1. The Morgan fingerprint density at radius 1 is 1.27 bits per heavy atom. The van der Waals surface area contributed by atoms with E-state index in [1.54, 1.807) is 4.90 Å². The highest BCUT2D eigenvalue weighted by Gasteiger charge is 2.38. The van der Waals surface area contributed by atoms with Crippen molar-refractivity contribution in [3.05, 3.63) is 63.1 Å². The normalized spacial score (nSPS) is 20.8. The van der Waals surface area contributed by atoms with Crippen molar-refractivity contribution in [1.82, 2.24) is 4.90 Å². The number of nitro benzene ring substituents is 1. The molecule has 2 fully saturated rings. The summed E-state index contributed by atoms with van der Waals surface area (Å²) in [7, 11) is 0. The Morgan fingerprint density at radius 3 is 2.53 bits per heavy atom. The zero-order chi connectivity index (χ0) is 21.6. The number of carbonyl (C=O) groups is 1. The van der Waals surface area contributed by atoms with Crippen LogP contribution in [0.4, 0.5) is 18.9 Å². The van der Waals surface area contributed by atoms with E-state index in [2.05, 4.69) is 6.92 Å². The lowest BCUT2D eigenvalue weighted by Crippen LogP contribution is -2.33. The van der Waals surface area contributed by atoms with Crippen LogP contribution in [-0.4, -0.2) is 21.8 Å². The molecule has 1 aromatic heterocycles. The van der Waals surface area contributed by atoms with E-state index in [1.165, 1.54) is 0 Å². The Labute approximate surface area is 170 Å². The van der Waals surface area contributed by atoms with Crippen molar-refractivity contribution in [3.63, 3.8) is 0 Å². The molecule has 0 bridgehead atoms. The third kappa shape index (κ3) is 4.34. The third-order valence-electron chi connectivity index (χ3n) is 5.74. The molecule has 2 aliphatic carbocycles. The first-order valence-corrected chi connectivity index (χ1v) is 9.86. The summed E-state index contributed by atoms with van der Waals surface area (Å²) in [6.45, 7) is 2.39. The monoisotopic (exact) mass is 422 g/mol. The molecule has 2 aliphatic rings. The average molecular weight is 422 g/mol. The maximum absolute atomic E-state index is 12.9. The molecule has 0 unspecified atom stereocenters. The maximum Gasteiger partial charge on any atom is 0.416 e. The molecule has 1 amide bonds. The molecule has 0 aliphatic heterocycles. The Hall–Kier alpha value is -2.84. The van der Waals surface area contributed by atoms with Crippen LogP contribution in [0.2, 0.25) is 0 Å². The van der Waals surface area contributed by atoms with Gasteiger partial charge in [-0.1, -0.05) is 13.0 Å². The van der Waals surface area contributed by atoms with Crippen molar-refractivity contribution in [2.24, 2.45) is 5.92 Å². The van der Waals surface area contributed by atoms with Crippen LogP contribution in [0.15, 0.2) is 34.7 Å². The standard InChI is InChI=1S/C21H21F3N2O4/c1-12-8-17(12)19-7-6-16(30-19)11-25(15-4-5-15)20(27)9-13-2-3-14(21(22,23)24)10-18(13)26(28)29/h2-3,6-7,10,12,15,17H,4-5,8-9,11H2,1H3/t12-,17-/m1/s1. The first-order chi connectivity index (χ1) is 14.1. The van der Waals surface area contributed by atoms with Crippen molar-refractivity contribution < 1.29 is 27.3 Å². The second kappa shape index (κ2) is 7.45. The van der Waals surface area contributed by atoms with Crippen LogP contribution in [-0.2, 0) is 23.9 Å². The summed E-state index contributed by atoms with van der Waals surface area (Å²) in [4.78, 5) is 24.9. The number of amides is 1. The van der Waals surface area contributed by atoms with Crippen LogP contribution in [0.5, 0.6) is 0 Å². The molecule has 2 aromatic rings. The smallest absolute Gasteiger partial charge is 0.416 e. The molecular weight excluding hydrogens is 401 g/mol. The van der Waals surface area contributed by atoms with Crippen LogP contribution in [0.25, 0.3) is 0 Å². The largest absolute Gasteiger partial charge is 0.464 e. The van der Waals surface area contributed by atoms with Gasteiger partial charge in [0.25, 0.3) is 5.69 Å². The lowest BCUT2D eigenvalue weighted by Gasteiger charge is -2.21. The van der Waals surface area contributed by atoms with E-state index in [1.807, 2.05) is 12.1 Å². The molecule has 160 valence electrons. The van der Waals surface area contributed by atoms with Gasteiger partial charge in [0.1, 0.15) is 11.5 Å². The van der Waals surface area contributed by atoms with Gasteiger partial charge in [-0.25, -0.2) is 0 Å². The molecule has 1 aromatic carbocycles. The molecule has 30 heavy (non-hydrogen) atoms. The van der Waals surface area contributed by atoms with Gasteiger partial charge in [0.2, 0.25) is 5.91 Å². The first-order valence-electron chi connectivity index (χ1n) is 9.86. The van der Waals surface area contributed by atoms with Crippen LogP contribution in [0.3, 0.4) is 0 Å². The van der Waals surface area contributed by atoms with Crippen molar-refractivity contribution in [3.8, 4) is 0 Å². The van der Waals surface area contributed by atoms with Crippen molar-refractivity contribution in [2.45, 2.75) is 57.3 Å². The van der Waals surface area contributed by atoms with Gasteiger partial charge >= 0.3 is 6.18 Å². The number of hydrogen-bond donors (Lipinski definition) is 0. The number of nitrogens with zero attached hydrogens (tertiary/aromatic N) is 2. The second-order valence-corrected chi connectivity index (χ2v) is 8.15. The fourth-order valence-electron chi connectivity index (χ4n) is 3.70. The number of halogens is 3. The first kappa shape index (κ1) is 20.4. The summed E-state index contributed by atoms with van der Waals surface area (Å²) < 4.78 is 44.5. The zero-order valence-corrected chi connectivity index (χ0v) is 16.3. The van der Waals surface area contributed by atoms with Gasteiger partial charge in [0.05, 0.1) is 23.5 Å². The highest BCUT2D eigenvalue weighted by atomic mass is 19.4. The third-order valence-corrected chi connectivity index (χ3v) is 5.74. The summed E-state index contributed by atoms with van der Waals surface area (Å²) >= 11 is 0. The van der Waals surface area contributed by atoms with Crippen LogP contribution >= 0.6 is 0 Å². The van der Waals surface area contributed by atoms with Gasteiger partial charge in [0, 0.05) is 23.6 Å². The van der Waals surface area contributed by atoms with Crippen LogP contribution in [0.1, 0.15) is 54.8 Å². The number of rotatable bonds is 7. The molecule has 0 radical (unpaired) electrons. The minimum Gasteiger partial charge on any atom is -0.464 e.